The fourth-order valence-corrected chi connectivity index (χ4v) is 4.12. The van der Waals surface area contributed by atoms with E-state index in [1.54, 1.807) is 31.3 Å². The number of methoxy groups -OCH3 is 2. The Hall–Kier alpha value is -4.27. The normalized spacial score (nSPS) is 13.8. The summed E-state index contributed by atoms with van der Waals surface area (Å²) in [4.78, 5) is 8.86. The maximum absolute atomic E-state index is 6.45. The molecule has 0 amide bonds. The number of nitrogens with zero attached hydrogens (tertiary/aromatic N) is 4. The monoisotopic (exact) mass is 486 g/mol. The topological polar surface area (TPSA) is 109 Å². The highest BCUT2D eigenvalue weighted by molar-refractivity contribution is 5.71. The van der Waals surface area contributed by atoms with Gasteiger partial charge in [-0.05, 0) is 42.7 Å². The van der Waals surface area contributed by atoms with E-state index in [2.05, 4.69) is 20.4 Å². The Balaban J connectivity index is 1.28. The van der Waals surface area contributed by atoms with Crippen molar-refractivity contribution in [3.63, 3.8) is 0 Å². The molecule has 5 rings (SSSR count). The first-order chi connectivity index (χ1) is 17.5. The van der Waals surface area contributed by atoms with Crippen LogP contribution in [-0.2, 0) is 13.6 Å². The number of nitrogens with one attached hydrogen (secondary N) is 1. The number of hydrogen-bond donors (Lipinski definition) is 2. The van der Waals surface area contributed by atoms with Crippen LogP contribution >= 0.6 is 0 Å². The molecule has 0 aliphatic heterocycles. The third kappa shape index (κ3) is 5.19. The second kappa shape index (κ2) is 10.2. The Labute approximate surface area is 210 Å². The minimum Gasteiger partial charge on any atom is -0.493 e. The molecule has 0 saturated heterocycles. The van der Waals surface area contributed by atoms with Crippen LogP contribution in [0.25, 0.3) is 11.1 Å². The Bertz CT molecular complexity index is 1330. The van der Waals surface area contributed by atoms with E-state index >= 15 is 0 Å². The van der Waals surface area contributed by atoms with Crippen LogP contribution in [0.2, 0.25) is 0 Å². The molecule has 0 bridgehead atoms. The number of anilines is 2. The molecule has 0 radical (unpaired) electrons. The molecular formula is C27H30N6O3. The van der Waals surface area contributed by atoms with E-state index in [1.165, 1.54) is 0 Å². The van der Waals surface area contributed by atoms with Crippen molar-refractivity contribution in [2.24, 2.45) is 13.0 Å². The summed E-state index contributed by atoms with van der Waals surface area (Å²) < 4.78 is 19.1. The average molecular weight is 487 g/mol. The van der Waals surface area contributed by atoms with Gasteiger partial charge < -0.3 is 25.3 Å². The molecule has 1 fully saturated rings. The van der Waals surface area contributed by atoms with Gasteiger partial charge in [-0.3, -0.25) is 4.68 Å². The molecule has 4 aromatic rings. The van der Waals surface area contributed by atoms with Crippen molar-refractivity contribution in [3.8, 4) is 28.5 Å². The Morgan fingerprint density at radius 2 is 1.86 bits per heavy atom. The molecular weight excluding hydrogens is 456 g/mol. The number of hydrogen-bond acceptors (Lipinski definition) is 8. The van der Waals surface area contributed by atoms with Crippen LogP contribution in [0.5, 0.6) is 17.4 Å². The first-order valence-corrected chi connectivity index (χ1v) is 11.9. The van der Waals surface area contributed by atoms with Gasteiger partial charge in [0, 0.05) is 60.9 Å². The first kappa shape index (κ1) is 23.5. The summed E-state index contributed by atoms with van der Waals surface area (Å²) >= 11 is 0. The lowest BCUT2D eigenvalue weighted by atomic mass is 10.1. The zero-order chi connectivity index (χ0) is 25.1. The van der Waals surface area contributed by atoms with Crippen molar-refractivity contribution >= 4 is 11.5 Å². The summed E-state index contributed by atoms with van der Waals surface area (Å²) in [5, 5.41) is 7.52. The maximum atomic E-state index is 6.45. The highest BCUT2D eigenvalue weighted by Crippen LogP contribution is 2.45. The van der Waals surface area contributed by atoms with Gasteiger partial charge in [0.05, 0.1) is 26.1 Å². The minimum absolute atomic E-state index is 0.0800. The predicted molar refractivity (Wildman–Crippen MR) is 138 cm³/mol. The van der Waals surface area contributed by atoms with Gasteiger partial charge in [-0.1, -0.05) is 6.07 Å². The van der Waals surface area contributed by atoms with E-state index in [4.69, 9.17) is 19.9 Å². The van der Waals surface area contributed by atoms with E-state index in [0.717, 1.165) is 35.1 Å². The molecule has 36 heavy (non-hydrogen) atoms. The second-order valence-electron chi connectivity index (χ2n) is 8.91. The number of ether oxygens (including phenoxy) is 3. The fraction of sp³-hybridized carbons (Fsp3) is 0.296. The van der Waals surface area contributed by atoms with E-state index in [-0.39, 0.29) is 6.10 Å². The van der Waals surface area contributed by atoms with Crippen molar-refractivity contribution in [3.05, 3.63) is 72.3 Å². The lowest BCUT2D eigenvalue weighted by molar-refractivity contribution is 0.173. The van der Waals surface area contributed by atoms with Gasteiger partial charge in [0.2, 0.25) is 5.88 Å². The van der Waals surface area contributed by atoms with Crippen LogP contribution in [-0.4, -0.2) is 34.0 Å². The summed E-state index contributed by atoms with van der Waals surface area (Å²) in [5.74, 6) is 3.06. The molecule has 3 aromatic heterocycles. The van der Waals surface area contributed by atoms with Gasteiger partial charge in [0.15, 0.2) is 11.5 Å². The van der Waals surface area contributed by atoms with Crippen LogP contribution < -0.4 is 25.3 Å². The summed E-state index contributed by atoms with van der Waals surface area (Å²) in [6.45, 7) is 0.536. The second-order valence-corrected chi connectivity index (χ2v) is 8.91. The van der Waals surface area contributed by atoms with E-state index < -0.39 is 0 Å². The average Bonchev–Trinajstić information content (AvgIpc) is 3.66. The van der Waals surface area contributed by atoms with Crippen LogP contribution in [0.3, 0.4) is 0 Å². The van der Waals surface area contributed by atoms with Crippen molar-refractivity contribution in [1.29, 1.82) is 0 Å². The van der Waals surface area contributed by atoms with Crippen LogP contribution in [0, 0.1) is 5.92 Å². The van der Waals surface area contributed by atoms with E-state index in [0.29, 0.717) is 41.3 Å². The first-order valence-electron chi connectivity index (χ1n) is 11.9. The zero-order valence-electron chi connectivity index (χ0n) is 20.6. The molecule has 186 valence electrons. The summed E-state index contributed by atoms with van der Waals surface area (Å²) in [6, 6.07) is 11.7. The smallest absolute Gasteiger partial charge is 0.212 e. The molecule has 9 nitrogen and oxygen atoms in total. The third-order valence-electron chi connectivity index (χ3n) is 6.24. The molecule has 3 N–H and O–H groups in total. The highest BCUT2D eigenvalue weighted by Gasteiger charge is 2.35. The molecule has 1 aromatic carbocycles. The molecule has 3 heterocycles. The standard InChI is InChI=1S/C27H30N6O3/c1-33-16-21(15-32-33)20-11-22(28)27(31-14-20)30-12-17-4-8-23(24(10-17)34-2)36-26(18-5-6-18)19-7-9-25(35-3)29-13-19/h4,7-11,13-16,18,26H,5-6,12,28H2,1-3H3,(H,30,31). The molecule has 1 atom stereocenters. The lowest BCUT2D eigenvalue weighted by Gasteiger charge is -2.21. The van der Waals surface area contributed by atoms with E-state index in [9.17, 15) is 0 Å². The highest BCUT2D eigenvalue weighted by atomic mass is 16.5. The lowest BCUT2D eigenvalue weighted by Crippen LogP contribution is -2.11. The number of aryl methyl sites for hydroxylation is 1. The van der Waals surface area contributed by atoms with Crippen molar-refractivity contribution in [2.75, 3.05) is 25.3 Å². The van der Waals surface area contributed by atoms with Crippen LogP contribution in [0.15, 0.2) is 61.2 Å². The van der Waals surface area contributed by atoms with Gasteiger partial charge in [-0.15, -0.1) is 0 Å². The Kier molecular flexibility index (Phi) is 6.62. The van der Waals surface area contributed by atoms with Crippen molar-refractivity contribution in [2.45, 2.75) is 25.5 Å². The fourth-order valence-electron chi connectivity index (χ4n) is 4.12. The van der Waals surface area contributed by atoms with Crippen LogP contribution in [0.1, 0.15) is 30.1 Å². The Morgan fingerprint density at radius 1 is 1.00 bits per heavy atom. The SMILES string of the molecule is COc1ccc(C(Oc2ccc(CNc3ncc(-c4cnn(C)c4)cc3N)cc2OC)C2CC2)cn1. The number of pyridine rings is 2. The van der Waals surface area contributed by atoms with Gasteiger partial charge in [-0.25, -0.2) is 9.97 Å². The third-order valence-corrected chi connectivity index (χ3v) is 6.24. The summed E-state index contributed by atoms with van der Waals surface area (Å²) in [7, 11) is 5.14. The van der Waals surface area contributed by atoms with Crippen LogP contribution in [0.4, 0.5) is 11.5 Å². The van der Waals surface area contributed by atoms with Gasteiger partial charge in [0.1, 0.15) is 11.9 Å². The van der Waals surface area contributed by atoms with E-state index in [1.807, 2.05) is 55.8 Å². The molecule has 1 aliphatic rings. The van der Waals surface area contributed by atoms with Gasteiger partial charge in [-0.2, -0.15) is 5.10 Å². The molecule has 1 saturated carbocycles. The number of rotatable bonds is 10. The maximum Gasteiger partial charge on any atom is 0.212 e. The quantitative estimate of drug-likeness (QED) is 0.334. The van der Waals surface area contributed by atoms with Crippen molar-refractivity contribution in [1.82, 2.24) is 19.7 Å². The minimum atomic E-state index is -0.0800. The van der Waals surface area contributed by atoms with Gasteiger partial charge >= 0.3 is 0 Å². The van der Waals surface area contributed by atoms with Gasteiger partial charge in [0.25, 0.3) is 0 Å². The zero-order valence-corrected chi connectivity index (χ0v) is 20.6. The summed E-state index contributed by atoms with van der Waals surface area (Å²) in [5.41, 5.74) is 10.8. The largest absolute Gasteiger partial charge is 0.493 e. The predicted octanol–water partition coefficient (Wildman–Crippen LogP) is 4.62. The molecule has 1 unspecified atom stereocenters. The van der Waals surface area contributed by atoms with Crippen molar-refractivity contribution < 1.29 is 14.2 Å². The number of aromatic nitrogens is 4. The number of benzene rings is 1. The molecule has 0 spiro atoms. The summed E-state index contributed by atoms with van der Waals surface area (Å²) in [6.07, 6.45) is 9.52. The molecule has 9 heteroatoms. The molecule has 1 aliphatic carbocycles. The number of nitrogen functional groups attached to an aromatic ring is 1. The Morgan fingerprint density at radius 3 is 2.50 bits per heavy atom. The number of nitrogens with two attached hydrogens (primary N) is 1.